The highest BCUT2D eigenvalue weighted by Crippen LogP contribution is 2.19. The van der Waals surface area contributed by atoms with Crippen molar-refractivity contribution in [2.75, 3.05) is 0 Å². The Labute approximate surface area is 177 Å². The SMILES string of the molecule is Cc1noc(C)c1COc1ccc(C(=O)O[C@H](C)C(=O)NC2CCCCCC2)cc1. The molecule has 1 fully saturated rings. The first kappa shape index (κ1) is 21.9. The average Bonchev–Trinajstić information content (AvgIpc) is 2.91. The Morgan fingerprint density at radius 1 is 1.13 bits per heavy atom. The second-order valence-electron chi connectivity index (χ2n) is 7.86. The van der Waals surface area contributed by atoms with E-state index in [-0.39, 0.29) is 11.9 Å². The number of amides is 1. The van der Waals surface area contributed by atoms with E-state index in [1.807, 2.05) is 13.8 Å². The molecule has 0 radical (unpaired) electrons. The Hall–Kier alpha value is -2.83. The molecular formula is C23H30N2O5. The van der Waals surface area contributed by atoms with Crippen LogP contribution in [0.15, 0.2) is 28.8 Å². The third-order valence-corrected chi connectivity index (χ3v) is 5.51. The third kappa shape index (κ3) is 5.84. The predicted molar refractivity (Wildman–Crippen MR) is 111 cm³/mol. The van der Waals surface area contributed by atoms with Crippen LogP contribution in [-0.4, -0.2) is 29.2 Å². The number of hydrogen-bond acceptors (Lipinski definition) is 6. The fraction of sp³-hybridized carbons (Fsp3) is 0.522. The van der Waals surface area contributed by atoms with Crippen LogP contribution in [-0.2, 0) is 16.1 Å². The minimum atomic E-state index is -0.837. The number of carbonyl (C=O) groups excluding carboxylic acids is 2. The van der Waals surface area contributed by atoms with Gasteiger partial charge < -0.3 is 19.3 Å². The second kappa shape index (κ2) is 10.3. The maximum absolute atomic E-state index is 12.4. The summed E-state index contributed by atoms with van der Waals surface area (Å²) in [6, 6.07) is 6.83. The maximum atomic E-state index is 12.4. The molecule has 1 aromatic carbocycles. The molecule has 1 heterocycles. The van der Waals surface area contributed by atoms with Crippen molar-refractivity contribution in [1.29, 1.82) is 0 Å². The number of benzene rings is 1. The first-order chi connectivity index (χ1) is 14.4. The Morgan fingerprint density at radius 3 is 2.40 bits per heavy atom. The van der Waals surface area contributed by atoms with Gasteiger partial charge >= 0.3 is 5.97 Å². The van der Waals surface area contributed by atoms with Gasteiger partial charge in [-0.2, -0.15) is 0 Å². The molecule has 162 valence electrons. The van der Waals surface area contributed by atoms with Crippen LogP contribution in [0.4, 0.5) is 0 Å². The highest BCUT2D eigenvalue weighted by molar-refractivity contribution is 5.92. The molecule has 2 aromatic rings. The van der Waals surface area contributed by atoms with Crippen molar-refractivity contribution < 1.29 is 23.6 Å². The van der Waals surface area contributed by atoms with Crippen LogP contribution >= 0.6 is 0 Å². The van der Waals surface area contributed by atoms with Gasteiger partial charge in [0.2, 0.25) is 0 Å². The summed E-state index contributed by atoms with van der Waals surface area (Å²) in [5, 5.41) is 6.91. The first-order valence-electron chi connectivity index (χ1n) is 10.6. The quantitative estimate of drug-likeness (QED) is 0.538. The largest absolute Gasteiger partial charge is 0.489 e. The summed E-state index contributed by atoms with van der Waals surface area (Å²) in [5.74, 6) is 0.569. The van der Waals surface area contributed by atoms with Crippen molar-refractivity contribution >= 4 is 11.9 Å². The lowest BCUT2D eigenvalue weighted by molar-refractivity contribution is -0.129. The Morgan fingerprint density at radius 2 is 1.80 bits per heavy atom. The van der Waals surface area contributed by atoms with Crippen molar-refractivity contribution in [1.82, 2.24) is 10.5 Å². The van der Waals surface area contributed by atoms with Crippen LogP contribution in [0.3, 0.4) is 0 Å². The Balaban J connectivity index is 1.49. The van der Waals surface area contributed by atoms with E-state index in [1.165, 1.54) is 12.8 Å². The summed E-state index contributed by atoms with van der Waals surface area (Å²) in [5.41, 5.74) is 2.07. The Kier molecular flexibility index (Phi) is 7.49. The fourth-order valence-corrected chi connectivity index (χ4v) is 3.58. The molecule has 7 heteroatoms. The predicted octanol–water partition coefficient (Wildman–Crippen LogP) is 4.25. The van der Waals surface area contributed by atoms with E-state index in [4.69, 9.17) is 14.0 Å². The molecular weight excluding hydrogens is 384 g/mol. The molecule has 0 saturated heterocycles. The molecule has 30 heavy (non-hydrogen) atoms. The van der Waals surface area contributed by atoms with E-state index in [0.29, 0.717) is 17.9 Å². The summed E-state index contributed by atoms with van der Waals surface area (Å²) in [4.78, 5) is 24.8. The standard InChI is InChI=1S/C23H30N2O5/c1-15-21(16(2)30-25-15)14-28-20-12-10-18(11-13-20)23(27)29-17(3)22(26)24-19-8-6-4-5-7-9-19/h10-13,17,19H,4-9,14H2,1-3H3,(H,24,26)/t17-/m1/s1. The van der Waals surface area contributed by atoms with Gasteiger partial charge in [0, 0.05) is 6.04 Å². The van der Waals surface area contributed by atoms with Crippen molar-refractivity contribution in [3.05, 3.63) is 46.8 Å². The smallest absolute Gasteiger partial charge is 0.338 e. The van der Waals surface area contributed by atoms with Gasteiger partial charge in [0.05, 0.1) is 16.8 Å². The van der Waals surface area contributed by atoms with Crippen molar-refractivity contribution in [2.24, 2.45) is 0 Å². The average molecular weight is 415 g/mol. The highest BCUT2D eigenvalue weighted by Gasteiger charge is 2.22. The fourth-order valence-electron chi connectivity index (χ4n) is 3.58. The lowest BCUT2D eigenvalue weighted by Gasteiger charge is -2.19. The van der Waals surface area contributed by atoms with Gasteiger partial charge in [-0.25, -0.2) is 4.79 Å². The number of hydrogen-bond donors (Lipinski definition) is 1. The number of aromatic nitrogens is 1. The minimum Gasteiger partial charge on any atom is -0.489 e. The second-order valence-corrected chi connectivity index (χ2v) is 7.86. The zero-order valence-electron chi connectivity index (χ0n) is 17.9. The Bertz CT molecular complexity index is 831. The van der Waals surface area contributed by atoms with Gasteiger partial charge in [-0.1, -0.05) is 30.8 Å². The number of rotatable bonds is 7. The summed E-state index contributed by atoms with van der Waals surface area (Å²) in [6.07, 6.45) is 5.83. The van der Waals surface area contributed by atoms with Gasteiger partial charge in [0.15, 0.2) is 6.10 Å². The van der Waals surface area contributed by atoms with Crippen LogP contribution in [0.5, 0.6) is 5.75 Å². The molecule has 1 N–H and O–H groups in total. The number of aryl methyl sites for hydroxylation is 2. The van der Waals surface area contributed by atoms with E-state index >= 15 is 0 Å². The third-order valence-electron chi connectivity index (χ3n) is 5.51. The zero-order valence-corrected chi connectivity index (χ0v) is 17.9. The van der Waals surface area contributed by atoms with Crippen molar-refractivity contribution in [3.63, 3.8) is 0 Å². The molecule has 3 rings (SSSR count). The van der Waals surface area contributed by atoms with E-state index in [0.717, 1.165) is 42.7 Å². The summed E-state index contributed by atoms with van der Waals surface area (Å²) in [7, 11) is 0. The highest BCUT2D eigenvalue weighted by atomic mass is 16.5. The molecule has 1 aliphatic rings. The molecule has 0 unspecified atom stereocenters. The number of esters is 1. The monoisotopic (exact) mass is 414 g/mol. The zero-order chi connectivity index (χ0) is 21.5. The van der Waals surface area contributed by atoms with Gasteiger partial charge in [-0.05, 0) is 57.9 Å². The summed E-state index contributed by atoms with van der Waals surface area (Å²) >= 11 is 0. The molecule has 7 nitrogen and oxygen atoms in total. The molecule has 0 aliphatic heterocycles. The summed E-state index contributed by atoms with van der Waals surface area (Å²) in [6.45, 7) is 5.64. The van der Waals surface area contributed by atoms with Crippen LogP contribution in [0.2, 0.25) is 0 Å². The van der Waals surface area contributed by atoms with Crippen LogP contribution < -0.4 is 10.1 Å². The normalized spacial score (nSPS) is 15.8. The molecule has 1 aromatic heterocycles. The lowest BCUT2D eigenvalue weighted by Crippen LogP contribution is -2.41. The number of ether oxygens (including phenoxy) is 2. The van der Waals surface area contributed by atoms with Crippen molar-refractivity contribution in [3.8, 4) is 5.75 Å². The molecule has 1 amide bonds. The van der Waals surface area contributed by atoms with E-state index in [1.54, 1.807) is 31.2 Å². The summed E-state index contributed by atoms with van der Waals surface area (Å²) < 4.78 is 16.2. The molecule has 1 atom stereocenters. The number of nitrogens with one attached hydrogen (secondary N) is 1. The topological polar surface area (TPSA) is 90.7 Å². The molecule has 1 aliphatic carbocycles. The first-order valence-corrected chi connectivity index (χ1v) is 10.6. The molecule has 0 bridgehead atoms. The number of carbonyl (C=O) groups is 2. The minimum absolute atomic E-state index is 0.176. The van der Waals surface area contributed by atoms with Gasteiger partial charge in [-0.3, -0.25) is 4.79 Å². The van der Waals surface area contributed by atoms with Gasteiger partial charge in [-0.15, -0.1) is 0 Å². The molecule has 1 saturated carbocycles. The maximum Gasteiger partial charge on any atom is 0.338 e. The van der Waals surface area contributed by atoms with Gasteiger partial charge in [0.25, 0.3) is 5.91 Å². The number of nitrogens with zero attached hydrogens (tertiary/aromatic N) is 1. The van der Waals surface area contributed by atoms with E-state index in [9.17, 15) is 9.59 Å². The van der Waals surface area contributed by atoms with Crippen LogP contribution in [0, 0.1) is 13.8 Å². The van der Waals surface area contributed by atoms with E-state index < -0.39 is 12.1 Å². The van der Waals surface area contributed by atoms with Crippen LogP contribution in [0.25, 0.3) is 0 Å². The van der Waals surface area contributed by atoms with E-state index in [2.05, 4.69) is 10.5 Å². The molecule has 0 spiro atoms. The van der Waals surface area contributed by atoms with Crippen LogP contribution in [0.1, 0.15) is 72.8 Å². The lowest BCUT2D eigenvalue weighted by atomic mass is 10.1. The van der Waals surface area contributed by atoms with Crippen molar-refractivity contribution in [2.45, 2.75) is 78.0 Å². The van der Waals surface area contributed by atoms with Gasteiger partial charge in [0.1, 0.15) is 18.1 Å².